The zero-order chi connectivity index (χ0) is 22.4. The van der Waals surface area contributed by atoms with Crippen LogP contribution < -0.4 is 5.32 Å². The van der Waals surface area contributed by atoms with Crippen molar-refractivity contribution in [2.75, 3.05) is 26.2 Å². The standard InChI is InChI=1S/C24H34N2O4S/c1-18-6-4-7-21(13-18)16-31(28,29)17-22-8-9-23(30-22)24(27)25-10-5-11-26-14-19(2)12-20(3)15-26/h4,6-9,13,19-20H,5,10-12,14-17H2,1-3H3,(H,25,27)/t19-,20-/m0/s1. The summed E-state index contributed by atoms with van der Waals surface area (Å²) in [5, 5.41) is 2.87. The summed E-state index contributed by atoms with van der Waals surface area (Å²) >= 11 is 0. The number of benzene rings is 1. The Morgan fingerprint density at radius 3 is 2.58 bits per heavy atom. The largest absolute Gasteiger partial charge is 0.455 e. The lowest BCUT2D eigenvalue weighted by Gasteiger charge is -2.34. The van der Waals surface area contributed by atoms with Crippen molar-refractivity contribution < 1.29 is 17.6 Å². The number of carbonyl (C=O) groups is 1. The highest BCUT2D eigenvalue weighted by molar-refractivity contribution is 7.89. The molecule has 2 atom stereocenters. The molecule has 0 unspecified atom stereocenters. The molecule has 0 bridgehead atoms. The average molecular weight is 447 g/mol. The summed E-state index contributed by atoms with van der Waals surface area (Å²) in [5.74, 6) is 1.31. The molecule has 1 amide bonds. The summed E-state index contributed by atoms with van der Waals surface area (Å²) in [6.45, 7) is 10.3. The summed E-state index contributed by atoms with van der Waals surface area (Å²) < 4.78 is 30.5. The molecule has 2 aromatic rings. The smallest absolute Gasteiger partial charge is 0.286 e. The molecule has 6 nitrogen and oxygen atoms in total. The fourth-order valence-corrected chi connectivity index (χ4v) is 5.85. The number of furan rings is 1. The Bertz CT molecular complexity index is 973. The fraction of sp³-hybridized carbons (Fsp3) is 0.542. The highest BCUT2D eigenvalue weighted by atomic mass is 32.2. The van der Waals surface area contributed by atoms with Crippen LogP contribution >= 0.6 is 0 Å². The quantitative estimate of drug-likeness (QED) is 0.593. The molecular weight excluding hydrogens is 412 g/mol. The van der Waals surface area contributed by atoms with Gasteiger partial charge in [-0.3, -0.25) is 4.79 Å². The van der Waals surface area contributed by atoms with Gasteiger partial charge in [0.05, 0.1) is 5.75 Å². The number of carbonyl (C=O) groups excluding carboxylic acids is 1. The van der Waals surface area contributed by atoms with Gasteiger partial charge in [0.25, 0.3) is 5.91 Å². The van der Waals surface area contributed by atoms with Crippen molar-refractivity contribution in [2.45, 2.75) is 45.1 Å². The maximum absolute atomic E-state index is 12.5. The first-order valence-electron chi connectivity index (χ1n) is 11.1. The predicted octanol–water partition coefficient (Wildman–Crippen LogP) is 3.80. The molecule has 0 spiro atoms. The van der Waals surface area contributed by atoms with Gasteiger partial charge >= 0.3 is 0 Å². The van der Waals surface area contributed by atoms with E-state index in [0.29, 0.717) is 6.54 Å². The van der Waals surface area contributed by atoms with Crippen LogP contribution in [0.1, 0.15) is 54.1 Å². The summed E-state index contributed by atoms with van der Waals surface area (Å²) in [4.78, 5) is 14.8. The number of nitrogens with zero attached hydrogens (tertiary/aromatic N) is 1. The van der Waals surface area contributed by atoms with Gasteiger partial charge in [0.2, 0.25) is 0 Å². The third-order valence-corrected chi connectivity index (χ3v) is 7.10. The third kappa shape index (κ3) is 7.51. The van der Waals surface area contributed by atoms with Crippen molar-refractivity contribution in [3.05, 3.63) is 59.0 Å². The van der Waals surface area contributed by atoms with Gasteiger partial charge in [-0.2, -0.15) is 0 Å². The van der Waals surface area contributed by atoms with Crippen LogP contribution in [0.5, 0.6) is 0 Å². The van der Waals surface area contributed by atoms with Gasteiger partial charge in [0, 0.05) is 19.6 Å². The minimum absolute atomic E-state index is 0.0509. The zero-order valence-electron chi connectivity index (χ0n) is 18.8. The van der Waals surface area contributed by atoms with E-state index in [0.717, 1.165) is 49.0 Å². The van der Waals surface area contributed by atoms with E-state index in [9.17, 15) is 13.2 Å². The molecule has 1 N–H and O–H groups in total. The summed E-state index contributed by atoms with van der Waals surface area (Å²) in [6, 6.07) is 10.6. The molecule has 1 aromatic carbocycles. The number of sulfone groups is 1. The highest BCUT2D eigenvalue weighted by Crippen LogP contribution is 2.21. The molecule has 0 radical (unpaired) electrons. The van der Waals surface area contributed by atoms with E-state index in [1.165, 1.54) is 6.42 Å². The van der Waals surface area contributed by atoms with Gasteiger partial charge in [-0.25, -0.2) is 8.42 Å². The van der Waals surface area contributed by atoms with E-state index in [2.05, 4.69) is 24.1 Å². The van der Waals surface area contributed by atoms with Crippen molar-refractivity contribution >= 4 is 15.7 Å². The molecule has 31 heavy (non-hydrogen) atoms. The Balaban J connectivity index is 1.44. The number of piperidine rings is 1. The molecule has 170 valence electrons. The maximum Gasteiger partial charge on any atom is 0.286 e. The molecule has 1 aliphatic rings. The van der Waals surface area contributed by atoms with E-state index in [-0.39, 0.29) is 28.9 Å². The molecular formula is C24H34N2O4S. The van der Waals surface area contributed by atoms with Crippen LogP contribution in [0, 0.1) is 18.8 Å². The molecule has 2 heterocycles. The first-order valence-corrected chi connectivity index (χ1v) is 12.9. The topological polar surface area (TPSA) is 79.6 Å². The number of aryl methyl sites for hydroxylation is 1. The Morgan fingerprint density at radius 2 is 1.87 bits per heavy atom. The molecule has 1 aliphatic heterocycles. The second kappa shape index (κ2) is 10.5. The Kier molecular flexibility index (Phi) is 7.94. The summed E-state index contributed by atoms with van der Waals surface area (Å²) in [5.41, 5.74) is 1.77. The molecule has 1 aromatic heterocycles. The van der Waals surface area contributed by atoms with Gasteiger partial charge < -0.3 is 14.6 Å². The molecule has 1 fully saturated rings. The van der Waals surface area contributed by atoms with Crippen LogP contribution in [0.25, 0.3) is 0 Å². The van der Waals surface area contributed by atoms with Crippen LogP contribution in [0.3, 0.4) is 0 Å². The summed E-state index contributed by atoms with van der Waals surface area (Å²) in [6.07, 6.45) is 2.17. The minimum Gasteiger partial charge on any atom is -0.455 e. The van der Waals surface area contributed by atoms with Crippen LogP contribution in [0.2, 0.25) is 0 Å². The van der Waals surface area contributed by atoms with Gasteiger partial charge in [-0.1, -0.05) is 43.7 Å². The van der Waals surface area contributed by atoms with E-state index in [1.807, 2.05) is 25.1 Å². The molecule has 1 saturated heterocycles. The SMILES string of the molecule is Cc1cccc(CS(=O)(=O)Cc2ccc(C(=O)NCCCN3C[C@@H](C)C[C@H](C)C3)o2)c1. The van der Waals surface area contributed by atoms with Crippen molar-refractivity contribution in [3.8, 4) is 0 Å². The normalized spacial score (nSPS) is 20.0. The number of hydrogen-bond acceptors (Lipinski definition) is 5. The monoisotopic (exact) mass is 446 g/mol. The molecule has 3 rings (SSSR count). The first kappa shape index (κ1) is 23.5. The zero-order valence-corrected chi connectivity index (χ0v) is 19.6. The first-order chi connectivity index (χ1) is 14.7. The number of rotatable bonds is 9. The van der Waals surface area contributed by atoms with E-state index in [4.69, 9.17) is 4.42 Å². The lowest BCUT2D eigenvalue weighted by molar-refractivity contribution is 0.0918. The Morgan fingerprint density at radius 1 is 1.13 bits per heavy atom. The van der Waals surface area contributed by atoms with Gasteiger partial charge in [0.1, 0.15) is 11.5 Å². The summed E-state index contributed by atoms with van der Waals surface area (Å²) in [7, 11) is -3.39. The van der Waals surface area contributed by atoms with Crippen LogP contribution in [0.15, 0.2) is 40.8 Å². The van der Waals surface area contributed by atoms with Gasteiger partial charge in [-0.05, 0) is 55.8 Å². The number of amides is 1. The number of likely N-dealkylation sites (tertiary alicyclic amines) is 1. The van der Waals surface area contributed by atoms with Crippen molar-refractivity contribution in [2.24, 2.45) is 11.8 Å². The van der Waals surface area contributed by atoms with Crippen molar-refractivity contribution in [1.82, 2.24) is 10.2 Å². The number of hydrogen-bond donors (Lipinski definition) is 1. The van der Waals surface area contributed by atoms with E-state index >= 15 is 0 Å². The van der Waals surface area contributed by atoms with Crippen molar-refractivity contribution in [3.63, 3.8) is 0 Å². The third-order valence-electron chi connectivity index (χ3n) is 5.60. The fourth-order valence-electron chi connectivity index (χ4n) is 4.47. The van der Waals surface area contributed by atoms with Crippen LogP contribution in [0.4, 0.5) is 0 Å². The Hall–Kier alpha value is -2.12. The van der Waals surface area contributed by atoms with E-state index < -0.39 is 9.84 Å². The minimum atomic E-state index is -3.39. The Labute approximate surface area is 185 Å². The average Bonchev–Trinajstić information content (AvgIpc) is 3.11. The van der Waals surface area contributed by atoms with Crippen LogP contribution in [-0.2, 0) is 21.3 Å². The highest BCUT2D eigenvalue weighted by Gasteiger charge is 2.21. The van der Waals surface area contributed by atoms with Gasteiger partial charge in [0.15, 0.2) is 15.6 Å². The molecule has 0 aliphatic carbocycles. The second-order valence-electron chi connectivity index (χ2n) is 9.10. The van der Waals surface area contributed by atoms with Crippen molar-refractivity contribution in [1.29, 1.82) is 0 Å². The molecule has 7 heteroatoms. The maximum atomic E-state index is 12.5. The molecule has 0 saturated carbocycles. The predicted molar refractivity (Wildman–Crippen MR) is 123 cm³/mol. The second-order valence-corrected chi connectivity index (χ2v) is 11.2. The van der Waals surface area contributed by atoms with Crippen LogP contribution in [-0.4, -0.2) is 45.4 Å². The lowest BCUT2D eigenvalue weighted by atomic mass is 9.92. The van der Waals surface area contributed by atoms with Gasteiger partial charge in [-0.15, -0.1) is 0 Å². The van der Waals surface area contributed by atoms with E-state index in [1.54, 1.807) is 18.2 Å². The lowest BCUT2D eigenvalue weighted by Crippen LogP contribution is -2.40. The number of nitrogens with one attached hydrogen (secondary N) is 1.